The number of hydrogen-bond acceptors (Lipinski definition) is 3. The van der Waals surface area contributed by atoms with Crippen LogP contribution in [0.4, 0.5) is 0 Å². The van der Waals surface area contributed by atoms with E-state index < -0.39 is 0 Å². The summed E-state index contributed by atoms with van der Waals surface area (Å²) in [5.74, 6) is 0. The van der Waals surface area contributed by atoms with Crippen molar-refractivity contribution in [2.24, 2.45) is 4.99 Å². The van der Waals surface area contributed by atoms with Crippen molar-refractivity contribution in [3.63, 3.8) is 0 Å². The number of allylic oxidation sites excluding steroid dienone is 1. The van der Waals surface area contributed by atoms with E-state index in [2.05, 4.69) is 138 Å². The lowest BCUT2D eigenvalue weighted by Crippen LogP contribution is -1.94. The maximum atomic E-state index is 6.46. The summed E-state index contributed by atoms with van der Waals surface area (Å²) in [6.45, 7) is 12.3. The highest BCUT2D eigenvalue weighted by Crippen LogP contribution is 2.41. The molecule has 0 bridgehead atoms. The topological polar surface area (TPSA) is 43.6 Å². The monoisotopic (exact) mass is 760 g/mol. The first-order chi connectivity index (χ1) is 28.9. The smallest absolute Gasteiger partial charge is 0.137 e. The average molecular weight is 761 g/mol. The van der Waals surface area contributed by atoms with Gasteiger partial charge in [0.25, 0.3) is 0 Å². The predicted octanol–water partition coefficient (Wildman–Crippen LogP) is 15.4. The quantitative estimate of drug-likeness (QED) is 0.158. The van der Waals surface area contributed by atoms with Gasteiger partial charge in [-0.15, -0.1) is 0 Å². The summed E-state index contributed by atoms with van der Waals surface area (Å²) in [6, 6.07) is 62.9. The van der Waals surface area contributed by atoms with Crippen molar-refractivity contribution < 1.29 is 8.83 Å². The van der Waals surface area contributed by atoms with E-state index in [1.807, 2.05) is 80.6 Å². The van der Waals surface area contributed by atoms with E-state index >= 15 is 0 Å². The highest BCUT2D eigenvalue weighted by atomic mass is 16.3. The van der Waals surface area contributed by atoms with E-state index in [0.717, 1.165) is 94.3 Å². The third kappa shape index (κ3) is 6.41. The number of hydrogen-bond donors (Lipinski definition) is 0. The molecule has 0 saturated carbocycles. The molecule has 11 aromatic rings. The van der Waals surface area contributed by atoms with Crippen LogP contribution >= 0.6 is 0 Å². The number of fused-ring (bicyclic) bond motifs is 9. The molecule has 59 heavy (non-hydrogen) atoms. The van der Waals surface area contributed by atoms with Gasteiger partial charge < -0.3 is 13.4 Å². The molecule has 282 valence electrons. The second kappa shape index (κ2) is 14.7. The second-order valence-electron chi connectivity index (χ2n) is 15.0. The van der Waals surface area contributed by atoms with Gasteiger partial charge in [-0.25, -0.2) is 0 Å². The molecule has 0 aliphatic heterocycles. The van der Waals surface area contributed by atoms with Crippen LogP contribution in [0.2, 0.25) is 0 Å². The molecule has 0 atom stereocenters. The molecule has 8 aromatic carbocycles. The number of benzene rings is 8. The number of rotatable bonds is 6. The third-order valence-corrected chi connectivity index (χ3v) is 11.2. The number of aliphatic imine (C=N–C) groups is 1. The molecule has 0 aliphatic rings. The van der Waals surface area contributed by atoms with Gasteiger partial charge in [-0.3, -0.25) is 4.99 Å². The number of nitrogens with zero attached hydrogens (tertiary/aromatic N) is 2. The molecule has 3 heterocycles. The first kappa shape index (κ1) is 35.7. The minimum Gasteiger partial charge on any atom is -0.456 e. The maximum Gasteiger partial charge on any atom is 0.137 e. The zero-order valence-electron chi connectivity index (χ0n) is 32.9. The first-order valence-electron chi connectivity index (χ1n) is 19.8. The molecule has 0 N–H and O–H groups in total. The van der Waals surface area contributed by atoms with Crippen molar-refractivity contribution >= 4 is 82.7 Å². The fourth-order valence-electron chi connectivity index (χ4n) is 8.28. The molecule has 0 fully saturated rings. The van der Waals surface area contributed by atoms with Crippen molar-refractivity contribution in [3.8, 4) is 16.8 Å². The minimum absolute atomic E-state index is 0.798. The van der Waals surface area contributed by atoms with Gasteiger partial charge in [0.1, 0.15) is 22.3 Å². The van der Waals surface area contributed by atoms with Gasteiger partial charge >= 0.3 is 0 Å². The summed E-state index contributed by atoms with van der Waals surface area (Å²) in [5, 5.41) is 6.86. The van der Waals surface area contributed by atoms with Crippen molar-refractivity contribution in [2.45, 2.75) is 13.8 Å². The van der Waals surface area contributed by atoms with Crippen LogP contribution in [0, 0.1) is 0 Å². The van der Waals surface area contributed by atoms with E-state index in [0.29, 0.717) is 0 Å². The van der Waals surface area contributed by atoms with E-state index in [1.54, 1.807) is 0 Å². The van der Waals surface area contributed by atoms with E-state index in [1.165, 1.54) is 21.9 Å². The first-order valence-corrected chi connectivity index (χ1v) is 19.8. The molecular weight excluding hydrogens is 721 g/mol. The molecule has 0 saturated heterocycles. The standard InChI is InChI=1S/C39H25NO2.C16H15N/c1-23(2)27-12-8-14-37-39(27)32-20-26(16-18-36(32)41-37)40-33-13-7-6-11-28(33)29-21-31-30-19-25(24-9-4-3-5-10-24)15-17-35(30)42-38(31)22-34(29)40;1-13(15-9-5-3-6-10-15)17-14(2)16-11-7-4-8-12-16/h3-22H,1H2,2H3;3-12H,1H2,2H3. The highest BCUT2D eigenvalue weighted by Gasteiger charge is 2.19. The van der Waals surface area contributed by atoms with E-state index in [9.17, 15) is 0 Å². The Morgan fingerprint density at radius 2 is 1.10 bits per heavy atom. The van der Waals surface area contributed by atoms with Gasteiger partial charge in [-0.1, -0.05) is 146 Å². The average Bonchev–Trinajstić information content (AvgIpc) is 3.95. The summed E-state index contributed by atoms with van der Waals surface area (Å²) in [7, 11) is 0. The molecule has 0 unspecified atom stereocenters. The Labute approximate surface area is 342 Å². The molecule has 0 amide bonds. The van der Waals surface area contributed by atoms with Crippen LogP contribution in [-0.4, -0.2) is 10.3 Å². The Kier molecular flexibility index (Phi) is 8.88. The van der Waals surface area contributed by atoms with Gasteiger partial charge in [0.2, 0.25) is 0 Å². The van der Waals surface area contributed by atoms with Crippen LogP contribution < -0.4 is 0 Å². The van der Waals surface area contributed by atoms with E-state index in [4.69, 9.17) is 8.83 Å². The van der Waals surface area contributed by atoms with Gasteiger partial charge in [0, 0.05) is 49.8 Å². The Morgan fingerprint density at radius 3 is 1.86 bits per heavy atom. The highest BCUT2D eigenvalue weighted by molar-refractivity contribution is 6.18. The Morgan fingerprint density at radius 1 is 0.458 bits per heavy atom. The third-order valence-electron chi connectivity index (χ3n) is 11.2. The lowest BCUT2D eigenvalue weighted by atomic mass is 10.0. The van der Waals surface area contributed by atoms with Crippen LogP contribution in [0.1, 0.15) is 30.5 Å². The van der Waals surface area contributed by atoms with Gasteiger partial charge in [-0.05, 0) is 90.2 Å². The molecule has 0 aliphatic carbocycles. The fraction of sp³-hybridized carbons (Fsp3) is 0.0364. The van der Waals surface area contributed by atoms with Crippen LogP contribution in [0.25, 0.3) is 93.8 Å². The summed E-state index contributed by atoms with van der Waals surface area (Å²) < 4.78 is 15.1. The molecule has 11 rings (SSSR count). The van der Waals surface area contributed by atoms with Crippen molar-refractivity contribution in [1.82, 2.24) is 4.57 Å². The normalized spacial score (nSPS) is 11.8. The summed E-state index contributed by atoms with van der Waals surface area (Å²) in [4.78, 5) is 4.54. The molecular formula is C55H40N2O2. The Balaban J connectivity index is 0.000000208. The number of para-hydroxylation sites is 1. The Bertz CT molecular complexity index is 3420. The molecule has 3 aromatic heterocycles. The van der Waals surface area contributed by atoms with Crippen LogP contribution in [0.3, 0.4) is 0 Å². The van der Waals surface area contributed by atoms with E-state index in [-0.39, 0.29) is 0 Å². The van der Waals surface area contributed by atoms with Crippen molar-refractivity contribution in [3.05, 3.63) is 212 Å². The summed E-state index contributed by atoms with van der Waals surface area (Å²) in [5.41, 5.74) is 15.4. The van der Waals surface area contributed by atoms with Crippen LogP contribution in [-0.2, 0) is 0 Å². The molecule has 4 heteroatoms. The summed E-state index contributed by atoms with van der Waals surface area (Å²) in [6.07, 6.45) is 0. The maximum absolute atomic E-state index is 6.46. The van der Waals surface area contributed by atoms with Gasteiger partial charge in [0.05, 0.1) is 16.7 Å². The minimum atomic E-state index is 0.798. The molecule has 0 radical (unpaired) electrons. The fourth-order valence-corrected chi connectivity index (χ4v) is 8.28. The summed E-state index contributed by atoms with van der Waals surface area (Å²) >= 11 is 0. The lowest BCUT2D eigenvalue weighted by Gasteiger charge is -2.08. The van der Waals surface area contributed by atoms with Crippen LogP contribution in [0.5, 0.6) is 0 Å². The second-order valence-corrected chi connectivity index (χ2v) is 15.0. The largest absolute Gasteiger partial charge is 0.456 e. The zero-order valence-corrected chi connectivity index (χ0v) is 32.9. The number of furan rings is 2. The Hall–Kier alpha value is -7.69. The predicted molar refractivity (Wildman–Crippen MR) is 250 cm³/mol. The van der Waals surface area contributed by atoms with Crippen molar-refractivity contribution in [1.29, 1.82) is 0 Å². The zero-order chi connectivity index (χ0) is 40.0. The van der Waals surface area contributed by atoms with Gasteiger partial charge in [0.15, 0.2) is 0 Å². The van der Waals surface area contributed by atoms with Gasteiger partial charge in [-0.2, -0.15) is 0 Å². The van der Waals surface area contributed by atoms with Crippen molar-refractivity contribution in [2.75, 3.05) is 0 Å². The SMILES string of the molecule is C=C(C)c1cccc2oc3ccc(-n4c5ccccc5c5cc6c(cc54)oc4ccc(-c5ccccc5)cc46)cc3c12.C=C(N=C(C)c1ccccc1)c1ccccc1. The number of aromatic nitrogens is 1. The lowest BCUT2D eigenvalue weighted by molar-refractivity contribution is 0.668. The molecule has 0 spiro atoms. The molecule has 4 nitrogen and oxygen atoms in total. The van der Waals surface area contributed by atoms with Crippen LogP contribution in [0.15, 0.2) is 209 Å².